The second kappa shape index (κ2) is 7.22. The summed E-state index contributed by atoms with van der Waals surface area (Å²) in [6, 6.07) is 12.2. The van der Waals surface area contributed by atoms with Gasteiger partial charge in [0.1, 0.15) is 5.75 Å². The summed E-state index contributed by atoms with van der Waals surface area (Å²) in [5, 5.41) is 0. The van der Waals surface area contributed by atoms with E-state index in [0.717, 1.165) is 5.56 Å². The highest BCUT2D eigenvalue weighted by molar-refractivity contribution is 5.99. The molecule has 0 aliphatic heterocycles. The maximum atomic E-state index is 12.2. The van der Waals surface area contributed by atoms with Crippen LogP contribution in [0.15, 0.2) is 73.3 Å². The predicted octanol–water partition coefficient (Wildman–Crippen LogP) is 3.32. The van der Waals surface area contributed by atoms with Crippen LogP contribution in [0.1, 0.15) is 10.4 Å². The molecule has 0 aliphatic carbocycles. The smallest absolute Gasteiger partial charge is 0.406 e. The molecule has 0 spiro atoms. The molecule has 0 fully saturated rings. The van der Waals surface area contributed by atoms with E-state index in [0.29, 0.717) is 11.1 Å². The van der Waals surface area contributed by atoms with Gasteiger partial charge in [0.15, 0.2) is 0 Å². The summed E-state index contributed by atoms with van der Waals surface area (Å²) in [5.41, 5.74) is 4.57. The molecule has 0 saturated heterocycles. The summed E-state index contributed by atoms with van der Waals surface area (Å²) >= 11 is 0. The van der Waals surface area contributed by atoms with Gasteiger partial charge in [-0.25, -0.2) is 0 Å². The number of rotatable bonds is 4. The van der Waals surface area contributed by atoms with Crippen LogP contribution in [0.2, 0.25) is 0 Å². The van der Waals surface area contributed by atoms with E-state index in [1.165, 1.54) is 41.3 Å². The number of nitrogens with one attached hydrogen (secondary N) is 1. The molecular formula is C18H13F3N3O2+. The Balaban J connectivity index is 1.70. The SMILES string of the molecule is O=C(N[n+]1ccncc1)c1ccc(-c2ccc(OC(F)(F)F)cc2)cc1. The fraction of sp³-hybridized carbons (Fsp3) is 0.0556. The molecule has 26 heavy (non-hydrogen) atoms. The lowest BCUT2D eigenvalue weighted by atomic mass is 10.0. The zero-order valence-corrected chi connectivity index (χ0v) is 13.3. The van der Waals surface area contributed by atoms with Gasteiger partial charge in [0.05, 0.1) is 12.4 Å². The molecule has 132 valence electrons. The first-order valence-electron chi connectivity index (χ1n) is 7.50. The maximum absolute atomic E-state index is 12.2. The molecule has 0 unspecified atom stereocenters. The molecule has 1 amide bonds. The first kappa shape index (κ1) is 17.4. The number of nitrogens with zero attached hydrogens (tertiary/aromatic N) is 2. The van der Waals surface area contributed by atoms with Crippen LogP contribution in [0.3, 0.4) is 0 Å². The number of hydrogen-bond acceptors (Lipinski definition) is 3. The van der Waals surface area contributed by atoms with E-state index < -0.39 is 6.36 Å². The van der Waals surface area contributed by atoms with Crippen LogP contribution in [0.25, 0.3) is 11.1 Å². The number of carbonyl (C=O) groups excluding carboxylic acids is 1. The van der Waals surface area contributed by atoms with E-state index in [1.54, 1.807) is 36.7 Å². The lowest BCUT2D eigenvalue weighted by Crippen LogP contribution is -2.47. The maximum Gasteiger partial charge on any atom is 0.573 e. The van der Waals surface area contributed by atoms with Crippen LogP contribution in [0, 0.1) is 0 Å². The van der Waals surface area contributed by atoms with Crippen LogP contribution in [0.5, 0.6) is 5.75 Å². The number of hydrogen-bond donors (Lipinski definition) is 1. The Morgan fingerprint density at radius 3 is 2.00 bits per heavy atom. The van der Waals surface area contributed by atoms with Gasteiger partial charge in [-0.2, -0.15) is 0 Å². The molecule has 1 N–H and O–H groups in total. The first-order chi connectivity index (χ1) is 12.4. The van der Waals surface area contributed by atoms with Crippen molar-refractivity contribution in [3.05, 3.63) is 78.9 Å². The van der Waals surface area contributed by atoms with E-state index in [2.05, 4.69) is 15.1 Å². The molecule has 0 atom stereocenters. The van der Waals surface area contributed by atoms with Crippen LogP contribution >= 0.6 is 0 Å². The summed E-state index contributed by atoms with van der Waals surface area (Å²) in [5.74, 6) is -0.590. The topological polar surface area (TPSA) is 55.1 Å². The van der Waals surface area contributed by atoms with Gasteiger partial charge in [0.25, 0.3) is 0 Å². The Morgan fingerprint density at radius 2 is 1.46 bits per heavy atom. The van der Waals surface area contributed by atoms with Crippen molar-refractivity contribution in [3.8, 4) is 16.9 Å². The monoisotopic (exact) mass is 360 g/mol. The minimum Gasteiger partial charge on any atom is -0.406 e. The van der Waals surface area contributed by atoms with Gasteiger partial charge in [-0.3, -0.25) is 9.78 Å². The Hall–Kier alpha value is -3.42. The lowest BCUT2D eigenvalue weighted by molar-refractivity contribution is -0.641. The van der Waals surface area contributed by atoms with Crippen molar-refractivity contribution < 1.29 is 27.4 Å². The van der Waals surface area contributed by atoms with Gasteiger partial charge in [0.2, 0.25) is 12.4 Å². The summed E-state index contributed by atoms with van der Waals surface area (Å²) in [6.07, 6.45) is 1.54. The normalized spacial score (nSPS) is 11.0. The van der Waals surface area contributed by atoms with E-state index in [9.17, 15) is 18.0 Å². The molecule has 8 heteroatoms. The molecule has 3 rings (SSSR count). The lowest BCUT2D eigenvalue weighted by Gasteiger charge is -2.09. The van der Waals surface area contributed by atoms with E-state index in [1.807, 2.05) is 0 Å². The summed E-state index contributed by atoms with van der Waals surface area (Å²) in [6.45, 7) is 0. The van der Waals surface area contributed by atoms with Crippen molar-refractivity contribution in [2.24, 2.45) is 0 Å². The number of alkyl halides is 3. The Morgan fingerprint density at radius 1 is 0.923 bits per heavy atom. The summed E-state index contributed by atoms with van der Waals surface area (Å²) < 4.78 is 41.8. The molecule has 0 aliphatic rings. The van der Waals surface area contributed by atoms with Gasteiger partial charge >= 0.3 is 12.3 Å². The quantitative estimate of drug-likeness (QED) is 0.727. The zero-order valence-electron chi connectivity index (χ0n) is 13.3. The second-order valence-electron chi connectivity index (χ2n) is 5.24. The molecule has 5 nitrogen and oxygen atoms in total. The zero-order chi connectivity index (χ0) is 18.6. The first-order valence-corrected chi connectivity index (χ1v) is 7.50. The van der Waals surface area contributed by atoms with Gasteiger partial charge in [-0.1, -0.05) is 28.9 Å². The molecular weight excluding hydrogens is 347 g/mol. The van der Waals surface area contributed by atoms with Gasteiger partial charge < -0.3 is 4.74 Å². The van der Waals surface area contributed by atoms with Gasteiger partial charge in [-0.15, -0.1) is 18.6 Å². The van der Waals surface area contributed by atoms with Crippen LogP contribution in [-0.4, -0.2) is 17.3 Å². The number of amides is 1. The second-order valence-corrected chi connectivity index (χ2v) is 5.24. The highest BCUT2D eigenvalue weighted by Gasteiger charge is 2.30. The van der Waals surface area contributed by atoms with Crippen molar-refractivity contribution in [1.29, 1.82) is 0 Å². The van der Waals surface area contributed by atoms with Crippen LogP contribution in [0.4, 0.5) is 13.2 Å². The third kappa shape index (κ3) is 4.56. The highest BCUT2D eigenvalue weighted by atomic mass is 19.4. The average Bonchev–Trinajstić information content (AvgIpc) is 2.62. The minimum absolute atomic E-state index is 0.286. The fourth-order valence-electron chi connectivity index (χ4n) is 2.24. The summed E-state index contributed by atoms with van der Waals surface area (Å²) in [4.78, 5) is 16.0. The third-order valence-electron chi connectivity index (χ3n) is 3.43. The number of ether oxygens (including phenoxy) is 1. The van der Waals surface area contributed by atoms with Crippen molar-refractivity contribution in [3.63, 3.8) is 0 Å². The Bertz CT molecular complexity index is 880. The van der Waals surface area contributed by atoms with E-state index in [-0.39, 0.29) is 11.7 Å². The average molecular weight is 360 g/mol. The predicted molar refractivity (Wildman–Crippen MR) is 86.7 cm³/mol. The van der Waals surface area contributed by atoms with Crippen molar-refractivity contribution in [1.82, 2.24) is 4.98 Å². The van der Waals surface area contributed by atoms with Crippen molar-refractivity contribution >= 4 is 5.91 Å². The molecule has 3 aromatic rings. The Kier molecular flexibility index (Phi) is 4.83. The summed E-state index contributed by atoms with van der Waals surface area (Å²) in [7, 11) is 0. The standard InChI is InChI=1S/C18H12F3N3O2/c19-18(20,21)26-16-7-5-14(6-8-16)13-1-3-15(4-2-13)17(25)23-24-11-9-22-10-12-24/h1-12H/p+1. The van der Waals surface area contributed by atoms with Gasteiger partial charge in [0, 0.05) is 5.56 Å². The van der Waals surface area contributed by atoms with Crippen LogP contribution in [-0.2, 0) is 0 Å². The van der Waals surface area contributed by atoms with E-state index in [4.69, 9.17) is 0 Å². The fourth-order valence-corrected chi connectivity index (χ4v) is 2.24. The largest absolute Gasteiger partial charge is 0.573 e. The number of halogens is 3. The third-order valence-corrected chi connectivity index (χ3v) is 3.43. The molecule has 0 radical (unpaired) electrons. The minimum atomic E-state index is -4.72. The number of carbonyl (C=O) groups is 1. The molecule has 1 aromatic heterocycles. The molecule has 0 saturated carbocycles. The van der Waals surface area contributed by atoms with Crippen molar-refractivity contribution in [2.75, 3.05) is 5.43 Å². The number of benzene rings is 2. The van der Waals surface area contributed by atoms with Crippen LogP contribution < -0.4 is 14.8 Å². The molecule has 1 heterocycles. The Labute approximate surface area is 146 Å². The molecule has 2 aromatic carbocycles. The van der Waals surface area contributed by atoms with Crippen molar-refractivity contribution in [2.45, 2.75) is 6.36 Å². The number of aromatic nitrogens is 2. The highest BCUT2D eigenvalue weighted by Crippen LogP contribution is 2.26. The molecule has 0 bridgehead atoms. The van der Waals surface area contributed by atoms with Gasteiger partial charge in [-0.05, 0) is 35.4 Å². The van der Waals surface area contributed by atoms with E-state index >= 15 is 0 Å².